The lowest BCUT2D eigenvalue weighted by Crippen LogP contribution is -1.94. The van der Waals surface area contributed by atoms with Gasteiger partial charge < -0.3 is 15.9 Å². The molecule has 4 N–H and O–H groups in total. The molecule has 0 saturated carbocycles. The topological polar surface area (TPSA) is 66.5 Å². The first-order valence-electron chi connectivity index (χ1n) is 3.25. The van der Waals surface area contributed by atoms with Crippen LogP contribution in [-0.2, 0) is 6.54 Å². The van der Waals surface area contributed by atoms with Gasteiger partial charge in [0.25, 0.3) is 0 Å². The number of phenolic OH excluding ortho intramolecular Hbond substituents is 1. The Morgan fingerprint density at radius 2 is 1.64 bits per heavy atom. The molecule has 0 atom stereocenters. The molecule has 0 saturated heterocycles. The van der Waals surface area contributed by atoms with Gasteiger partial charge in [0.05, 0.1) is 0 Å². The van der Waals surface area contributed by atoms with Crippen LogP contribution in [-0.4, -0.2) is 17.3 Å². The van der Waals surface area contributed by atoms with E-state index in [-0.39, 0.29) is 5.75 Å². The van der Waals surface area contributed by atoms with Crippen molar-refractivity contribution in [3.63, 3.8) is 0 Å². The van der Waals surface area contributed by atoms with E-state index in [2.05, 4.69) is 0 Å². The van der Waals surface area contributed by atoms with Crippen LogP contribution in [0.2, 0.25) is 0 Å². The standard InChI is InChI=1S/C7H9NO.CH4O/c8-5-6-1-3-7(9)4-2-6;1-2/h1-4,9H,5,8H2;2H,1H3. The van der Waals surface area contributed by atoms with Crippen LogP contribution in [0.25, 0.3) is 0 Å². The van der Waals surface area contributed by atoms with E-state index < -0.39 is 0 Å². The zero-order valence-corrected chi connectivity index (χ0v) is 6.49. The Bertz CT molecular complexity index is 184. The fourth-order valence-electron chi connectivity index (χ4n) is 0.632. The molecule has 0 aliphatic heterocycles. The molecule has 1 rings (SSSR count). The average Bonchev–Trinajstić information content (AvgIpc) is 2.10. The van der Waals surface area contributed by atoms with Crippen LogP contribution in [0.4, 0.5) is 0 Å². The molecule has 0 aromatic heterocycles. The Morgan fingerprint density at radius 3 is 2.00 bits per heavy atom. The van der Waals surface area contributed by atoms with Crippen LogP contribution in [0.1, 0.15) is 5.56 Å². The van der Waals surface area contributed by atoms with Gasteiger partial charge >= 0.3 is 0 Å². The number of rotatable bonds is 1. The maximum atomic E-state index is 8.81. The highest BCUT2D eigenvalue weighted by atomic mass is 16.3. The smallest absolute Gasteiger partial charge is 0.115 e. The van der Waals surface area contributed by atoms with Crippen molar-refractivity contribution < 1.29 is 10.2 Å². The predicted octanol–water partition coefficient (Wildman–Crippen LogP) is 0.459. The number of aliphatic hydroxyl groups is 1. The minimum atomic E-state index is 0.284. The number of aliphatic hydroxyl groups excluding tert-OH is 1. The summed E-state index contributed by atoms with van der Waals surface area (Å²) in [6, 6.07) is 6.86. The van der Waals surface area contributed by atoms with E-state index in [9.17, 15) is 0 Å². The summed E-state index contributed by atoms with van der Waals surface area (Å²) in [5.74, 6) is 0.284. The van der Waals surface area contributed by atoms with Crippen molar-refractivity contribution in [1.29, 1.82) is 0 Å². The van der Waals surface area contributed by atoms with E-state index in [1.165, 1.54) is 0 Å². The van der Waals surface area contributed by atoms with E-state index in [1.54, 1.807) is 24.3 Å². The second-order valence-electron chi connectivity index (χ2n) is 1.87. The third-order valence-electron chi connectivity index (χ3n) is 1.17. The number of benzene rings is 1. The first-order chi connectivity index (χ1) is 5.33. The summed E-state index contributed by atoms with van der Waals surface area (Å²) in [4.78, 5) is 0. The Hall–Kier alpha value is -1.06. The van der Waals surface area contributed by atoms with E-state index >= 15 is 0 Å². The summed E-state index contributed by atoms with van der Waals surface area (Å²) in [5.41, 5.74) is 6.35. The lowest BCUT2D eigenvalue weighted by atomic mass is 10.2. The van der Waals surface area contributed by atoms with E-state index in [0.29, 0.717) is 6.54 Å². The third-order valence-corrected chi connectivity index (χ3v) is 1.17. The molecule has 3 nitrogen and oxygen atoms in total. The first kappa shape index (κ1) is 9.94. The Kier molecular flexibility index (Phi) is 5.15. The first-order valence-corrected chi connectivity index (χ1v) is 3.25. The summed E-state index contributed by atoms with van der Waals surface area (Å²) in [6.45, 7) is 0.528. The Morgan fingerprint density at radius 1 is 1.18 bits per heavy atom. The maximum absolute atomic E-state index is 8.81. The molecule has 11 heavy (non-hydrogen) atoms. The Labute approximate surface area is 66.1 Å². The van der Waals surface area contributed by atoms with Gasteiger partial charge in [-0.3, -0.25) is 0 Å². The molecule has 0 bridgehead atoms. The largest absolute Gasteiger partial charge is 0.508 e. The predicted molar refractivity (Wildman–Crippen MR) is 44.1 cm³/mol. The SMILES string of the molecule is CO.NCc1ccc(O)cc1. The van der Waals surface area contributed by atoms with Gasteiger partial charge in [0.1, 0.15) is 5.75 Å². The molecule has 0 unspecified atom stereocenters. The number of nitrogens with two attached hydrogens (primary N) is 1. The second kappa shape index (κ2) is 5.70. The van der Waals surface area contributed by atoms with Crippen LogP contribution < -0.4 is 5.73 Å². The molecule has 0 spiro atoms. The molecule has 0 amide bonds. The van der Waals surface area contributed by atoms with Crippen molar-refractivity contribution in [1.82, 2.24) is 0 Å². The quantitative estimate of drug-likeness (QED) is 0.552. The van der Waals surface area contributed by atoms with Gasteiger partial charge in [-0.2, -0.15) is 0 Å². The summed E-state index contributed by atoms with van der Waals surface area (Å²) < 4.78 is 0. The molecule has 3 heteroatoms. The van der Waals surface area contributed by atoms with Crippen LogP contribution in [0.3, 0.4) is 0 Å². The molecular weight excluding hydrogens is 142 g/mol. The summed E-state index contributed by atoms with van der Waals surface area (Å²) in [7, 11) is 1.00. The van der Waals surface area contributed by atoms with Crippen LogP contribution in [0.15, 0.2) is 24.3 Å². The van der Waals surface area contributed by atoms with Gasteiger partial charge in [0, 0.05) is 13.7 Å². The van der Waals surface area contributed by atoms with Gasteiger partial charge in [0.15, 0.2) is 0 Å². The Balaban J connectivity index is 0.000000461. The number of hydrogen-bond donors (Lipinski definition) is 3. The fraction of sp³-hybridized carbons (Fsp3) is 0.250. The lowest BCUT2D eigenvalue weighted by Gasteiger charge is -1.93. The molecule has 62 valence electrons. The zero-order valence-electron chi connectivity index (χ0n) is 6.49. The summed E-state index contributed by atoms with van der Waals surface area (Å²) in [5, 5.41) is 15.8. The van der Waals surface area contributed by atoms with Gasteiger partial charge in [-0.25, -0.2) is 0 Å². The van der Waals surface area contributed by atoms with Gasteiger partial charge in [-0.1, -0.05) is 12.1 Å². The molecule has 1 aromatic rings. The fourth-order valence-corrected chi connectivity index (χ4v) is 0.632. The molecular formula is C8H13NO2. The molecule has 0 fully saturated rings. The third kappa shape index (κ3) is 3.60. The van der Waals surface area contributed by atoms with Crippen LogP contribution >= 0.6 is 0 Å². The van der Waals surface area contributed by atoms with Crippen LogP contribution in [0, 0.1) is 0 Å². The monoisotopic (exact) mass is 155 g/mol. The molecule has 0 aliphatic carbocycles. The van der Waals surface area contributed by atoms with Crippen molar-refractivity contribution in [2.75, 3.05) is 7.11 Å². The summed E-state index contributed by atoms with van der Waals surface area (Å²) in [6.07, 6.45) is 0. The number of phenols is 1. The highest BCUT2D eigenvalue weighted by Gasteiger charge is 1.86. The van der Waals surface area contributed by atoms with Crippen molar-refractivity contribution in [3.8, 4) is 5.75 Å². The molecule has 0 heterocycles. The minimum Gasteiger partial charge on any atom is -0.508 e. The average molecular weight is 155 g/mol. The number of aromatic hydroxyl groups is 1. The second-order valence-corrected chi connectivity index (χ2v) is 1.87. The number of hydrogen-bond acceptors (Lipinski definition) is 3. The highest BCUT2D eigenvalue weighted by molar-refractivity contribution is 5.25. The van der Waals surface area contributed by atoms with Crippen molar-refractivity contribution in [2.45, 2.75) is 6.54 Å². The van der Waals surface area contributed by atoms with Crippen molar-refractivity contribution in [3.05, 3.63) is 29.8 Å². The van der Waals surface area contributed by atoms with Crippen molar-refractivity contribution in [2.24, 2.45) is 5.73 Å². The van der Waals surface area contributed by atoms with Crippen LogP contribution in [0.5, 0.6) is 5.75 Å². The van der Waals surface area contributed by atoms with E-state index in [1.807, 2.05) is 0 Å². The van der Waals surface area contributed by atoms with Gasteiger partial charge in [-0.15, -0.1) is 0 Å². The highest BCUT2D eigenvalue weighted by Crippen LogP contribution is 2.08. The van der Waals surface area contributed by atoms with Gasteiger partial charge in [-0.05, 0) is 17.7 Å². The maximum Gasteiger partial charge on any atom is 0.115 e. The minimum absolute atomic E-state index is 0.284. The van der Waals surface area contributed by atoms with E-state index in [0.717, 1.165) is 12.7 Å². The normalized spacial score (nSPS) is 8.27. The summed E-state index contributed by atoms with van der Waals surface area (Å²) >= 11 is 0. The van der Waals surface area contributed by atoms with E-state index in [4.69, 9.17) is 15.9 Å². The molecule has 1 aromatic carbocycles. The molecule has 0 aliphatic rings. The lowest BCUT2D eigenvalue weighted by molar-refractivity contribution is 0.399. The van der Waals surface area contributed by atoms with Gasteiger partial charge in [0.2, 0.25) is 0 Å². The zero-order chi connectivity index (χ0) is 8.69. The van der Waals surface area contributed by atoms with Crippen molar-refractivity contribution >= 4 is 0 Å². The molecule has 0 radical (unpaired) electrons.